The number of ketones is 1. The largest absolute Gasteiger partial charge is 0.388 e. The van der Waals surface area contributed by atoms with Gasteiger partial charge in [0.2, 0.25) is 5.91 Å². The van der Waals surface area contributed by atoms with Gasteiger partial charge in [-0.3, -0.25) is 9.59 Å². The SMILES string of the molecule is CCC[C@H](NC(=O)C(C)(C)C)c1ccc(C(=O)CO)cc1. The molecule has 1 aromatic rings. The zero-order valence-electron chi connectivity index (χ0n) is 13.3. The van der Waals surface area contributed by atoms with E-state index in [1.165, 1.54) is 0 Å². The third kappa shape index (κ3) is 4.97. The van der Waals surface area contributed by atoms with Crippen LogP contribution in [0, 0.1) is 5.41 Å². The van der Waals surface area contributed by atoms with Gasteiger partial charge in [-0.2, -0.15) is 0 Å². The van der Waals surface area contributed by atoms with Gasteiger partial charge >= 0.3 is 0 Å². The quantitative estimate of drug-likeness (QED) is 0.792. The fourth-order valence-corrected chi connectivity index (χ4v) is 1.98. The molecule has 0 unspecified atom stereocenters. The molecule has 0 aliphatic heterocycles. The van der Waals surface area contributed by atoms with E-state index in [1.807, 2.05) is 32.9 Å². The number of benzene rings is 1. The van der Waals surface area contributed by atoms with Crippen LogP contribution in [0.2, 0.25) is 0 Å². The van der Waals surface area contributed by atoms with Gasteiger partial charge in [0.25, 0.3) is 0 Å². The van der Waals surface area contributed by atoms with Crippen molar-refractivity contribution in [1.82, 2.24) is 5.32 Å². The summed E-state index contributed by atoms with van der Waals surface area (Å²) in [6, 6.07) is 7.01. The molecule has 0 saturated carbocycles. The summed E-state index contributed by atoms with van der Waals surface area (Å²) in [7, 11) is 0. The van der Waals surface area contributed by atoms with Gasteiger partial charge in [-0.05, 0) is 12.0 Å². The second kappa shape index (κ2) is 7.36. The second-order valence-corrected chi connectivity index (χ2v) is 6.27. The fourth-order valence-electron chi connectivity index (χ4n) is 1.98. The van der Waals surface area contributed by atoms with Crippen LogP contribution in [0.15, 0.2) is 24.3 Å². The fraction of sp³-hybridized carbons (Fsp3) is 0.529. The van der Waals surface area contributed by atoms with Gasteiger partial charge in [0, 0.05) is 11.0 Å². The Bertz CT molecular complexity index is 486. The summed E-state index contributed by atoms with van der Waals surface area (Å²) in [6.45, 7) is 7.23. The molecule has 116 valence electrons. The third-order valence-corrected chi connectivity index (χ3v) is 3.34. The summed E-state index contributed by atoms with van der Waals surface area (Å²) in [5.41, 5.74) is 1.03. The van der Waals surface area contributed by atoms with Crippen LogP contribution in [0.4, 0.5) is 0 Å². The van der Waals surface area contributed by atoms with Crippen LogP contribution in [0.1, 0.15) is 62.5 Å². The van der Waals surface area contributed by atoms with E-state index in [2.05, 4.69) is 12.2 Å². The molecule has 0 bridgehead atoms. The summed E-state index contributed by atoms with van der Waals surface area (Å²) in [4.78, 5) is 23.6. The van der Waals surface area contributed by atoms with E-state index in [1.54, 1.807) is 12.1 Å². The minimum absolute atomic E-state index is 0.0106. The van der Waals surface area contributed by atoms with Gasteiger partial charge < -0.3 is 10.4 Å². The van der Waals surface area contributed by atoms with E-state index < -0.39 is 12.0 Å². The lowest BCUT2D eigenvalue weighted by atomic mass is 9.93. The molecular weight excluding hydrogens is 266 g/mol. The Labute approximate surface area is 126 Å². The van der Waals surface area contributed by atoms with Crippen LogP contribution in [0.25, 0.3) is 0 Å². The summed E-state index contributed by atoms with van der Waals surface area (Å²) < 4.78 is 0. The molecule has 1 atom stereocenters. The number of hydrogen-bond acceptors (Lipinski definition) is 3. The van der Waals surface area contributed by atoms with Gasteiger partial charge in [-0.1, -0.05) is 58.4 Å². The number of nitrogens with one attached hydrogen (secondary N) is 1. The van der Waals surface area contributed by atoms with Crippen molar-refractivity contribution >= 4 is 11.7 Å². The first-order chi connectivity index (χ1) is 9.79. The van der Waals surface area contributed by atoms with Crippen molar-refractivity contribution in [3.8, 4) is 0 Å². The van der Waals surface area contributed by atoms with E-state index in [4.69, 9.17) is 5.11 Å². The van der Waals surface area contributed by atoms with Crippen molar-refractivity contribution < 1.29 is 14.7 Å². The second-order valence-electron chi connectivity index (χ2n) is 6.27. The van der Waals surface area contributed by atoms with Gasteiger partial charge in [-0.15, -0.1) is 0 Å². The van der Waals surface area contributed by atoms with Gasteiger partial charge in [-0.25, -0.2) is 0 Å². The maximum atomic E-state index is 12.1. The van der Waals surface area contributed by atoms with Crippen LogP contribution < -0.4 is 5.32 Å². The Morgan fingerprint density at radius 1 is 1.19 bits per heavy atom. The molecule has 0 radical (unpaired) electrons. The summed E-state index contributed by atoms with van der Waals surface area (Å²) in [5.74, 6) is -0.288. The van der Waals surface area contributed by atoms with E-state index in [0.717, 1.165) is 18.4 Å². The molecule has 0 spiro atoms. The average Bonchev–Trinajstić information content (AvgIpc) is 2.45. The first-order valence-corrected chi connectivity index (χ1v) is 7.34. The minimum Gasteiger partial charge on any atom is -0.388 e. The van der Waals surface area contributed by atoms with Crippen molar-refractivity contribution in [2.24, 2.45) is 5.41 Å². The highest BCUT2D eigenvalue weighted by atomic mass is 16.3. The number of aliphatic hydroxyl groups excluding tert-OH is 1. The predicted octanol–water partition coefficient (Wildman–Crippen LogP) is 2.87. The van der Waals surface area contributed by atoms with E-state index in [9.17, 15) is 9.59 Å². The molecule has 1 amide bonds. The number of hydrogen-bond donors (Lipinski definition) is 2. The predicted molar refractivity (Wildman–Crippen MR) is 83.1 cm³/mol. The van der Waals surface area contributed by atoms with E-state index in [-0.39, 0.29) is 17.7 Å². The van der Waals surface area contributed by atoms with Crippen LogP contribution in [-0.2, 0) is 4.79 Å². The first-order valence-electron chi connectivity index (χ1n) is 7.34. The molecule has 21 heavy (non-hydrogen) atoms. The first kappa shape index (κ1) is 17.4. The molecular formula is C17H25NO3. The maximum Gasteiger partial charge on any atom is 0.225 e. The number of carbonyl (C=O) groups excluding carboxylic acids is 2. The van der Waals surface area contributed by atoms with Crippen molar-refractivity contribution in [3.05, 3.63) is 35.4 Å². The Kier molecular flexibility index (Phi) is 6.09. The Morgan fingerprint density at radius 3 is 2.19 bits per heavy atom. The summed E-state index contributed by atoms with van der Waals surface area (Å²) >= 11 is 0. The molecule has 0 aliphatic rings. The van der Waals surface area contributed by atoms with Gasteiger partial charge in [0.1, 0.15) is 6.61 Å². The molecule has 0 saturated heterocycles. The van der Waals surface area contributed by atoms with Crippen LogP contribution in [0.3, 0.4) is 0 Å². The smallest absolute Gasteiger partial charge is 0.225 e. The van der Waals surface area contributed by atoms with Crippen molar-refractivity contribution in [2.45, 2.75) is 46.6 Å². The molecule has 4 heteroatoms. The van der Waals surface area contributed by atoms with Crippen molar-refractivity contribution in [3.63, 3.8) is 0 Å². The third-order valence-electron chi connectivity index (χ3n) is 3.34. The molecule has 1 aromatic carbocycles. The van der Waals surface area contributed by atoms with Gasteiger partial charge in [0.15, 0.2) is 5.78 Å². The number of aliphatic hydroxyl groups is 1. The summed E-state index contributed by atoms with van der Waals surface area (Å²) in [6.07, 6.45) is 1.79. The van der Waals surface area contributed by atoms with Crippen molar-refractivity contribution in [2.75, 3.05) is 6.61 Å². The average molecular weight is 291 g/mol. The zero-order valence-corrected chi connectivity index (χ0v) is 13.3. The number of carbonyl (C=O) groups is 2. The molecule has 0 fully saturated rings. The Hall–Kier alpha value is -1.68. The Balaban J connectivity index is 2.90. The standard InChI is InChI=1S/C17H25NO3/c1-5-6-14(18-16(21)17(2,3)4)12-7-9-13(10-8-12)15(20)11-19/h7-10,14,19H,5-6,11H2,1-4H3,(H,18,21)/t14-/m0/s1. The topological polar surface area (TPSA) is 66.4 Å². The number of amides is 1. The molecule has 0 aromatic heterocycles. The highest BCUT2D eigenvalue weighted by Crippen LogP contribution is 2.22. The highest BCUT2D eigenvalue weighted by molar-refractivity contribution is 5.96. The minimum atomic E-state index is -0.488. The lowest BCUT2D eigenvalue weighted by Crippen LogP contribution is -2.37. The van der Waals surface area contributed by atoms with Crippen LogP contribution in [-0.4, -0.2) is 23.4 Å². The maximum absolute atomic E-state index is 12.1. The zero-order chi connectivity index (χ0) is 16.0. The lowest BCUT2D eigenvalue weighted by molar-refractivity contribution is -0.129. The lowest BCUT2D eigenvalue weighted by Gasteiger charge is -2.24. The van der Waals surface area contributed by atoms with E-state index >= 15 is 0 Å². The van der Waals surface area contributed by atoms with Crippen LogP contribution in [0.5, 0.6) is 0 Å². The van der Waals surface area contributed by atoms with Crippen molar-refractivity contribution in [1.29, 1.82) is 0 Å². The van der Waals surface area contributed by atoms with Crippen LogP contribution >= 0.6 is 0 Å². The summed E-state index contributed by atoms with van der Waals surface area (Å²) in [5, 5.41) is 11.9. The molecule has 2 N–H and O–H groups in total. The molecule has 1 rings (SSSR count). The highest BCUT2D eigenvalue weighted by Gasteiger charge is 2.24. The molecule has 4 nitrogen and oxygen atoms in total. The van der Waals surface area contributed by atoms with Gasteiger partial charge in [0.05, 0.1) is 6.04 Å². The number of rotatable bonds is 6. The molecule has 0 heterocycles. The molecule has 0 aliphatic carbocycles. The Morgan fingerprint density at radius 2 is 1.76 bits per heavy atom. The normalized spacial score (nSPS) is 12.8. The number of Topliss-reactive ketones (excluding diaryl/α,β-unsaturated/α-hetero) is 1. The van der Waals surface area contributed by atoms with E-state index in [0.29, 0.717) is 5.56 Å². The monoisotopic (exact) mass is 291 g/mol.